The lowest BCUT2D eigenvalue weighted by atomic mass is 10.0. The highest BCUT2D eigenvalue weighted by molar-refractivity contribution is 7.10. The van der Waals surface area contributed by atoms with Gasteiger partial charge in [0.05, 0.1) is 17.8 Å². The number of thiazole rings is 1. The first-order valence-electron chi connectivity index (χ1n) is 10.9. The van der Waals surface area contributed by atoms with E-state index in [2.05, 4.69) is 27.1 Å². The van der Waals surface area contributed by atoms with E-state index in [1.165, 1.54) is 11.4 Å². The molecule has 2 heterocycles. The molecule has 6 nitrogen and oxygen atoms in total. The molecule has 0 atom stereocenters. The number of hydrogen-bond acceptors (Lipinski definition) is 6. The van der Waals surface area contributed by atoms with Gasteiger partial charge in [-0.05, 0) is 49.0 Å². The molecule has 1 saturated heterocycles. The van der Waals surface area contributed by atoms with Crippen LogP contribution in [0.4, 0.5) is 18.9 Å². The third-order valence-corrected chi connectivity index (χ3v) is 7.00. The van der Waals surface area contributed by atoms with Gasteiger partial charge in [0.1, 0.15) is 5.75 Å². The van der Waals surface area contributed by atoms with Crippen LogP contribution in [0.1, 0.15) is 20.9 Å². The second-order valence-electron chi connectivity index (χ2n) is 8.29. The average Bonchev–Trinajstić information content (AvgIpc) is 3.31. The fourth-order valence-corrected chi connectivity index (χ4v) is 4.79. The van der Waals surface area contributed by atoms with Gasteiger partial charge in [0.25, 0.3) is 5.91 Å². The summed E-state index contributed by atoms with van der Waals surface area (Å²) >= 11 is 6.84. The Labute approximate surface area is 210 Å². The maximum Gasteiger partial charge on any atom is 0.443 e. The highest BCUT2D eigenvalue weighted by atomic mass is 35.5. The zero-order chi connectivity index (χ0) is 25.2. The van der Waals surface area contributed by atoms with Crippen molar-refractivity contribution in [2.24, 2.45) is 0 Å². The van der Waals surface area contributed by atoms with E-state index in [0.29, 0.717) is 40.4 Å². The van der Waals surface area contributed by atoms with E-state index in [4.69, 9.17) is 16.3 Å². The van der Waals surface area contributed by atoms with E-state index >= 15 is 0 Å². The van der Waals surface area contributed by atoms with E-state index < -0.39 is 11.2 Å². The molecule has 1 N–H and O–H groups in total. The van der Waals surface area contributed by atoms with Crippen molar-refractivity contribution in [2.75, 3.05) is 45.7 Å². The minimum Gasteiger partial charge on any atom is -0.497 e. The topological polar surface area (TPSA) is 57.7 Å². The van der Waals surface area contributed by atoms with Gasteiger partial charge in [-0.25, -0.2) is 4.98 Å². The van der Waals surface area contributed by atoms with E-state index in [9.17, 15) is 18.0 Å². The number of amides is 1. The fraction of sp³-hybridized carbons (Fsp3) is 0.333. The van der Waals surface area contributed by atoms with Gasteiger partial charge >= 0.3 is 6.18 Å². The van der Waals surface area contributed by atoms with Crippen molar-refractivity contribution in [3.05, 3.63) is 62.9 Å². The summed E-state index contributed by atoms with van der Waals surface area (Å²) in [6, 6.07) is 9.97. The number of halogens is 4. The fourth-order valence-electron chi connectivity index (χ4n) is 3.82. The van der Waals surface area contributed by atoms with Gasteiger partial charge in [-0.1, -0.05) is 11.6 Å². The van der Waals surface area contributed by atoms with Crippen LogP contribution < -0.4 is 10.1 Å². The molecule has 3 aromatic rings. The van der Waals surface area contributed by atoms with Gasteiger partial charge in [-0.15, -0.1) is 11.3 Å². The molecule has 0 bridgehead atoms. The van der Waals surface area contributed by atoms with Crippen molar-refractivity contribution < 1.29 is 22.7 Å². The molecule has 0 radical (unpaired) electrons. The number of nitrogens with one attached hydrogen (secondary N) is 1. The first-order chi connectivity index (χ1) is 16.6. The van der Waals surface area contributed by atoms with Gasteiger partial charge in [0.2, 0.25) is 0 Å². The number of benzene rings is 2. The van der Waals surface area contributed by atoms with Crippen LogP contribution in [0.15, 0.2) is 41.8 Å². The lowest BCUT2D eigenvalue weighted by Gasteiger charge is -2.32. The van der Waals surface area contributed by atoms with Crippen LogP contribution in [0, 0.1) is 0 Å². The molecule has 35 heavy (non-hydrogen) atoms. The molecule has 1 aliphatic heterocycles. The van der Waals surface area contributed by atoms with E-state index in [1.807, 2.05) is 6.07 Å². The van der Waals surface area contributed by atoms with Gasteiger partial charge < -0.3 is 15.0 Å². The van der Waals surface area contributed by atoms with E-state index in [0.717, 1.165) is 31.7 Å². The van der Waals surface area contributed by atoms with Crippen LogP contribution in [0.3, 0.4) is 0 Å². The molecule has 0 aliphatic carbocycles. The van der Waals surface area contributed by atoms with Crippen molar-refractivity contribution in [1.29, 1.82) is 0 Å². The molecule has 1 amide bonds. The first-order valence-corrected chi connectivity index (χ1v) is 12.1. The summed E-state index contributed by atoms with van der Waals surface area (Å²) in [4.78, 5) is 21.3. The van der Waals surface area contributed by atoms with Crippen molar-refractivity contribution >= 4 is 34.5 Å². The third kappa shape index (κ3) is 6.13. The Morgan fingerprint density at radius 1 is 1.17 bits per heavy atom. The highest BCUT2D eigenvalue weighted by Crippen LogP contribution is 2.37. The summed E-state index contributed by atoms with van der Waals surface area (Å²) < 4.78 is 44.0. The molecule has 1 fully saturated rings. The Morgan fingerprint density at radius 3 is 2.54 bits per heavy atom. The van der Waals surface area contributed by atoms with Crippen LogP contribution in [-0.4, -0.2) is 61.0 Å². The Morgan fingerprint density at radius 2 is 1.91 bits per heavy atom. The van der Waals surface area contributed by atoms with Gasteiger partial charge in [-0.2, -0.15) is 13.2 Å². The number of piperazine rings is 1. The number of hydrogen-bond donors (Lipinski definition) is 1. The molecule has 0 saturated carbocycles. The Balaban J connectivity index is 1.52. The number of ether oxygens (including phenoxy) is 1. The van der Waals surface area contributed by atoms with Crippen molar-refractivity contribution in [2.45, 2.75) is 12.7 Å². The van der Waals surface area contributed by atoms with Crippen LogP contribution in [0.2, 0.25) is 5.02 Å². The predicted octanol–water partition coefficient (Wildman–Crippen LogP) is 5.49. The molecule has 0 spiro atoms. The van der Waals surface area contributed by atoms with E-state index in [-0.39, 0.29) is 16.6 Å². The normalized spacial score (nSPS) is 15.3. The monoisotopic (exact) mass is 524 g/mol. The first kappa shape index (κ1) is 25.4. The summed E-state index contributed by atoms with van der Waals surface area (Å²) in [5, 5.41) is 3.40. The minimum absolute atomic E-state index is 0.134. The number of methoxy groups -OCH3 is 1. The van der Waals surface area contributed by atoms with Crippen molar-refractivity contribution in [1.82, 2.24) is 14.8 Å². The second-order valence-corrected chi connectivity index (χ2v) is 9.55. The average molecular weight is 525 g/mol. The molecular weight excluding hydrogens is 501 g/mol. The number of rotatable bonds is 6. The lowest BCUT2D eigenvalue weighted by molar-refractivity contribution is -0.137. The number of likely N-dealkylation sites (N-methyl/N-ethyl adjacent to an activating group) is 1. The Hall–Kier alpha value is -2.66. The maximum atomic E-state index is 13.2. The summed E-state index contributed by atoms with van der Waals surface area (Å²) in [5.74, 6) is 0.355. The van der Waals surface area contributed by atoms with Gasteiger partial charge in [0.15, 0.2) is 5.01 Å². The number of aromatic nitrogens is 1. The Bertz CT molecular complexity index is 1210. The third-order valence-electron chi connectivity index (χ3n) is 5.80. The number of alkyl halides is 3. The smallest absolute Gasteiger partial charge is 0.443 e. The Kier molecular flexibility index (Phi) is 7.65. The zero-order valence-electron chi connectivity index (χ0n) is 19.2. The van der Waals surface area contributed by atoms with Gasteiger partial charge in [-0.3, -0.25) is 9.69 Å². The van der Waals surface area contributed by atoms with Crippen molar-refractivity contribution in [3.8, 4) is 17.0 Å². The van der Waals surface area contributed by atoms with Crippen molar-refractivity contribution in [3.63, 3.8) is 0 Å². The molecule has 4 rings (SSSR count). The standard InChI is InChI=1S/C24H24ClF3N4O2S/c1-31-7-9-32(10-8-31)13-15-11-17(34-2)4-6-18(15)22(33)29-16-3-5-19(20(25)12-16)21-14-35-23(30-21)24(26,27)28/h3-6,11-12,14H,7-10,13H2,1-2H3,(H,29,33). The largest absolute Gasteiger partial charge is 0.497 e. The lowest BCUT2D eigenvalue weighted by Crippen LogP contribution is -2.44. The maximum absolute atomic E-state index is 13.2. The number of nitrogens with zero attached hydrogens (tertiary/aromatic N) is 3. The molecular formula is C24H24ClF3N4O2S. The molecule has 186 valence electrons. The summed E-state index contributed by atoms with van der Waals surface area (Å²) in [7, 11) is 3.67. The van der Waals surface area contributed by atoms with E-state index in [1.54, 1.807) is 31.4 Å². The summed E-state index contributed by atoms with van der Waals surface area (Å²) in [6.07, 6.45) is -4.51. The minimum atomic E-state index is -4.51. The molecule has 1 aliphatic rings. The van der Waals surface area contributed by atoms with Crippen LogP contribution in [0.5, 0.6) is 5.75 Å². The predicted molar refractivity (Wildman–Crippen MR) is 131 cm³/mol. The second kappa shape index (κ2) is 10.5. The molecule has 1 aromatic heterocycles. The summed E-state index contributed by atoms with van der Waals surface area (Å²) in [6.45, 7) is 4.33. The number of carbonyl (C=O) groups excluding carboxylic acids is 1. The zero-order valence-corrected chi connectivity index (χ0v) is 20.7. The summed E-state index contributed by atoms with van der Waals surface area (Å²) in [5.41, 5.74) is 2.28. The van der Waals surface area contributed by atoms with Crippen LogP contribution >= 0.6 is 22.9 Å². The van der Waals surface area contributed by atoms with Crippen LogP contribution in [-0.2, 0) is 12.7 Å². The number of carbonyl (C=O) groups is 1. The highest BCUT2D eigenvalue weighted by Gasteiger charge is 2.34. The number of anilines is 1. The molecule has 11 heteroatoms. The SMILES string of the molecule is COc1ccc(C(=O)Nc2ccc(-c3csc(C(F)(F)F)n3)c(Cl)c2)c(CN2CCN(C)CC2)c1. The van der Waals surface area contributed by atoms with Gasteiger partial charge in [0, 0.05) is 54.9 Å². The quantitative estimate of drug-likeness (QED) is 0.462. The molecule has 0 unspecified atom stereocenters. The molecule has 2 aromatic carbocycles. The van der Waals surface area contributed by atoms with Crippen LogP contribution in [0.25, 0.3) is 11.3 Å².